The number of ketones is 1. The van der Waals surface area contributed by atoms with Crippen molar-refractivity contribution in [1.29, 1.82) is 0 Å². The third kappa shape index (κ3) is 2.11. The molecule has 0 aromatic carbocycles. The minimum Gasteiger partial charge on any atom is -0.298 e. The van der Waals surface area contributed by atoms with Crippen LogP contribution in [-0.4, -0.2) is 29.8 Å². The Morgan fingerprint density at radius 1 is 1.00 bits per heavy atom. The summed E-state index contributed by atoms with van der Waals surface area (Å²) in [7, 11) is 0. The van der Waals surface area contributed by atoms with Crippen molar-refractivity contribution in [3.8, 4) is 0 Å². The number of carbonyl (C=O) groups excluding carboxylic acids is 1. The summed E-state index contributed by atoms with van der Waals surface area (Å²) >= 11 is 0. The number of Topliss-reactive ketones (excluding diaryl/α,β-unsaturated/α-hetero) is 1. The van der Waals surface area contributed by atoms with Crippen LogP contribution in [0.3, 0.4) is 0 Å². The van der Waals surface area contributed by atoms with Crippen LogP contribution in [0.4, 0.5) is 0 Å². The van der Waals surface area contributed by atoms with Crippen molar-refractivity contribution >= 4 is 5.78 Å². The normalized spacial score (nSPS) is 32.0. The van der Waals surface area contributed by atoms with E-state index < -0.39 is 0 Å². The minimum absolute atomic E-state index is 0.300. The molecule has 2 aliphatic rings. The van der Waals surface area contributed by atoms with E-state index in [-0.39, 0.29) is 0 Å². The number of likely N-dealkylation sites (tertiary alicyclic amines) is 1. The van der Waals surface area contributed by atoms with Gasteiger partial charge in [-0.2, -0.15) is 0 Å². The Morgan fingerprint density at radius 3 is 2.46 bits per heavy atom. The number of hydrogen-bond acceptors (Lipinski definition) is 2. The summed E-state index contributed by atoms with van der Waals surface area (Å²) in [6.45, 7) is 2.33. The van der Waals surface area contributed by atoms with Crippen LogP contribution in [0.1, 0.15) is 44.9 Å². The first kappa shape index (κ1) is 9.20. The summed E-state index contributed by atoms with van der Waals surface area (Å²) in [5.74, 6) is 0.508. The van der Waals surface area contributed by atoms with Gasteiger partial charge in [0.05, 0.1) is 6.04 Å². The molecule has 2 heteroatoms. The SMILES string of the molecule is O=C1CCCCC1N1CCCCC1. The van der Waals surface area contributed by atoms with E-state index in [0.717, 1.165) is 32.4 Å². The fraction of sp³-hybridized carbons (Fsp3) is 0.909. The molecule has 1 heterocycles. The highest BCUT2D eigenvalue weighted by atomic mass is 16.1. The van der Waals surface area contributed by atoms with Crippen LogP contribution in [-0.2, 0) is 4.79 Å². The summed E-state index contributed by atoms with van der Waals surface area (Å²) in [6, 6.07) is 0.300. The smallest absolute Gasteiger partial charge is 0.149 e. The van der Waals surface area contributed by atoms with Gasteiger partial charge in [0.15, 0.2) is 0 Å². The Balaban J connectivity index is 1.92. The molecule has 0 amide bonds. The predicted octanol–water partition coefficient (Wildman–Crippen LogP) is 1.98. The van der Waals surface area contributed by atoms with Crippen molar-refractivity contribution in [2.45, 2.75) is 51.0 Å². The standard InChI is InChI=1S/C11H19NO/c13-11-7-3-2-6-10(11)12-8-4-1-5-9-12/h10H,1-9H2. The van der Waals surface area contributed by atoms with E-state index >= 15 is 0 Å². The van der Waals surface area contributed by atoms with E-state index in [1.54, 1.807) is 0 Å². The lowest BCUT2D eigenvalue weighted by Gasteiger charge is -2.35. The molecule has 74 valence electrons. The van der Waals surface area contributed by atoms with Gasteiger partial charge in [-0.15, -0.1) is 0 Å². The highest BCUT2D eigenvalue weighted by Crippen LogP contribution is 2.22. The van der Waals surface area contributed by atoms with Gasteiger partial charge < -0.3 is 0 Å². The third-order valence-electron chi connectivity index (χ3n) is 3.35. The van der Waals surface area contributed by atoms with Gasteiger partial charge in [0.2, 0.25) is 0 Å². The van der Waals surface area contributed by atoms with Crippen LogP contribution in [0, 0.1) is 0 Å². The average molecular weight is 181 g/mol. The van der Waals surface area contributed by atoms with E-state index in [0.29, 0.717) is 11.8 Å². The maximum absolute atomic E-state index is 11.7. The lowest BCUT2D eigenvalue weighted by molar-refractivity contribution is -0.126. The summed E-state index contributed by atoms with van der Waals surface area (Å²) in [6.07, 6.45) is 8.29. The quantitative estimate of drug-likeness (QED) is 0.616. The predicted molar refractivity (Wildman–Crippen MR) is 52.7 cm³/mol. The lowest BCUT2D eigenvalue weighted by atomic mass is 9.91. The Labute approximate surface area is 80.3 Å². The zero-order valence-electron chi connectivity index (χ0n) is 8.30. The largest absolute Gasteiger partial charge is 0.298 e. The summed E-state index contributed by atoms with van der Waals surface area (Å²) in [4.78, 5) is 14.1. The summed E-state index contributed by atoms with van der Waals surface area (Å²) in [5, 5.41) is 0. The van der Waals surface area contributed by atoms with Crippen molar-refractivity contribution in [2.24, 2.45) is 0 Å². The van der Waals surface area contributed by atoms with Crippen molar-refractivity contribution in [3.05, 3.63) is 0 Å². The van der Waals surface area contributed by atoms with Crippen LogP contribution in [0.15, 0.2) is 0 Å². The molecule has 0 radical (unpaired) electrons. The maximum Gasteiger partial charge on any atom is 0.149 e. The molecule has 0 bridgehead atoms. The monoisotopic (exact) mass is 181 g/mol. The first-order valence-electron chi connectivity index (χ1n) is 5.65. The maximum atomic E-state index is 11.7. The number of carbonyl (C=O) groups is 1. The second kappa shape index (κ2) is 4.23. The van der Waals surface area contributed by atoms with E-state index in [1.807, 2.05) is 0 Å². The number of hydrogen-bond donors (Lipinski definition) is 0. The van der Waals surface area contributed by atoms with E-state index in [2.05, 4.69) is 4.90 Å². The van der Waals surface area contributed by atoms with Gasteiger partial charge in [-0.25, -0.2) is 0 Å². The van der Waals surface area contributed by atoms with Gasteiger partial charge in [-0.1, -0.05) is 12.8 Å². The van der Waals surface area contributed by atoms with Gasteiger partial charge in [0.1, 0.15) is 5.78 Å². The topological polar surface area (TPSA) is 20.3 Å². The van der Waals surface area contributed by atoms with Crippen LogP contribution in [0.5, 0.6) is 0 Å². The van der Waals surface area contributed by atoms with Crippen LogP contribution in [0.25, 0.3) is 0 Å². The lowest BCUT2D eigenvalue weighted by Crippen LogP contribution is -2.45. The molecule has 13 heavy (non-hydrogen) atoms. The zero-order chi connectivity index (χ0) is 9.10. The van der Waals surface area contributed by atoms with Gasteiger partial charge in [0, 0.05) is 6.42 Å². The molecule has 0 N–H and O–H groups in total. The summed E-state index contributed by atoms with van der Waals surface area (Å²) < 4.78 is 0. The Hall–Kier alpha value is -0.370. The molecule has 0 spiro atoms. The van der Waals surface area contributed by atoms with Gasteiger partial charge >= 0.3 is 0 Å². The second-order valence-electron chi connectivity index (χ2n) is 4.32. The van der Waals surface area contributed by atoms with Crippen LogP contribution >= 0.6 is 0 Å². The van der Waals surface area contributed by atoms with Crippen LogP contribution < -0.4 is 0 Å². The molecule has 2 rings (SSSR count). The Morgan fingerprint density at radius 2 is 1.77 bits per heavy atom. The average Bonchev–Trinajstić information content (AvgIpc) is 2.20. The Bertz CT molecular complexity index is 185. The van der Waals surface area contributed by atoms with E-state index in [4.69, 9.17) is 0 Å². The second-order valence-corrected chi connectivity index (χ2v) is 4.32. The van der Waals surface area contributed by atoms with E-state index in [9.17, 15) is 4.79 Å². The Kier molecular flexibility index (Phi) is 2.99. The molecule has 1 saturated heterocycles. The number of piperidine rings is 1. The van der Waals surface area contributed by atoms with E-state index in [1.165, 1.54) is 25.7 Å². The fourth-order valence-electron chi connectivity index (χ4n) is 2.58. The van der Waals surface area contributed by atoms with Crippen LogP contribution in [0.2, 0.25) is 0 Å². The highest BCUT2D eigenvalue weighted by Gasteiger charge is 2.28. The number of rotatable bonds is 1. The molecule has 0 aromatic heterocycles. The molecule has 2 fully saturated rings. The van der Waals surface area contributed by atoms with Crippen molar-refractivity contribution in [2.75, 3.05) is 13.1 Å². The van der Waals surface area contributed by atoms with Crippen molar-refractivity contribution in [3.63, 3.8) is 0 Å². The highest BCUT2D eigenvalue weighted by molar-refractivity contribution is 5.84. The van der Waals surface area contributed by atoms with Crippen molar-refractivity contribution in [1.82, 2.24) is 4.90 Å². The third-order valence-corrected chi connectivity index (χ3v) is 3.35. The first-order chi connectivity index (χ1) is 6.38. The van der Waals surface area contributed by atoms with Gasteiger partial charge in [-0.3, -0.25) is 9.69 Å². The molecular formula is C11H19NO. The van der Waals surface area contributed by atoms with Gasteiger partial charge in [0.25, 0.3) is 0 Å². The van der Waals surface area contributed by atoms with Gasteiger partial charge in [-0.05, 0) is 38.8 Å². The molecule has 0 aromatic rings. The summed E-state index contributed by atoms with van der Waals surface area (Å²) in [5.41, 5.74) is 0. The molecular weight excluding hydrogens is 162 g/mol. The molecule has 2 nitrogen and oxygen atoms in total. The molecule has 1 aliphatic heterocycles. The fourth-order valence-corrected chi connectivity index (χ4v) is 2.58. The minimum atomic E-state index is 0.300. The zero-order valence-corrected chi connectivity index (χ0v) is 8.30. The van der Waals surface area contributed by atoms with Crippen molar-refractivity contribution < 1.29 is 4.79 Å². The first-order valence-corrected chi connectivity index (χ1v) is 5.65. The molecule has 1 atom stereocenters. The molecule has 1 saturated carbocycles. The molecule has 1 aliphatic carbocycles. The number of nitrogens with zero attached hydrogens (tertiary/aromatic N) is 1. The molecule has 1 unspecified atom stereocenters.